The highest BCUT2D eigenvalue weighted by atomic mass is 16.4. The van der Waals surface area contributed by atoms with E-state index < -0.39 is 31.1 Å². The van der Waals surface area contributed by atoms with Gasteiger partial charge in [0.05, 0.1) is 0 Å². The molecule has 1 atom stereocenters. The Labute approximate surface area is 117 Å². The van der Waals surface area contributed by atoms with Crippen molar-refractivity contribution in [3.63, 3.8) is 0 Å². The number of piperazine rings is 1. The highest BCUT2D eigenvalue weighted by Crippen LogP contribution is 2.11. The third-order valence-corrected chi connectivity index (χ3v) is 3.36. The molecule has 0 aliphatic carbocycles. The molecule has 0 radical (unpaired) electrons. The molecular formula is C12H21N3O5. The fraction of sp³-hybridized carbons (Fsp3) is 0.750. The van der Waals surface area contributed by atoms with Gasteiger partial charge in [-0.3, -0.25) is 14.5 Å². The normalized spacial score (nSPS) is 19.7. The zero-order chi connectivity index (χ0) is 15.3. The predicted octanol–water partition coefficient (Wildman–Crippen LogP) is -0.396. The molecule has 0 aromatic carbocycles. The molecule has 1 aliphatic rings. The van der Waals surface area contributed by atoms with Crippen molar-refractivity contribution in [2.45, 2.75) is 19.9 Å². The number of amides is 2. The van der Waals surface area contributed by atoms with E-state index in [0.29, 0.717) is 19.6 Å². The molecule has 1 saturated heterocycles. The standard InChI is InChI=1S/C12H21N3O5/c1-3-13-4-5-14(6-9(13)2)12(20)15(7-10(16)17)8-11(18)19/h9H,3-8H2,1-2H3,(H,16,17)(H,18,19). The minimum atomic E-state index is -1.22. The lowest BCUT2D eigenvalue weighted by molar-refractivity contribution is -0.140. The third kappa shape index (κ3) is 4.37. The van der Waals surface area contributed by atoms with E-state index in [1.807, 2.05) is 13.8 Å². The zero-order valence-corrected chi connectivity index (χ0v) is 11.8. The number of aliphatic carboxylic acids is 2. The molecular weight excluding hydrogens is 266 g/mol. The first-order valence-electron chi connectivity index (χ1n) is 6.56. The molecule has 8 nitrogen and oxygen atoms in total. The second-order valence-corrected chi connectivity index (χ2v) is 4.85. The van der Waals surface area contributed by atoms with Gasteiger partial charge in [0.25, 0.3) is 0 Å². The lowest BCUT2D eigenvalue weighted by atomic mass is 10.2. The summed E-state index contributed by atoms with van der Waals surface area (Å²) in [4.78, 5) is 38.2. The summed E-state index contributed by atoms with van der Waals surface area (Å²) in [6, 6.07) is -0.355. The summed E-state index contributed by atoms with van der Waals surface area (Å²) in [5.74, 6) is -2.44. The van der Waals surface area contributed by atoms with Crippen LogP contribution in [0, 0.1) is 0 Å². The zero-order valence-electron chi connectivity index (χ0n) is 11.8. The first-order valence-corrected chi connectivity index (χ1v) is 6.56. The Morgan fingerprint density at radius 1 is 1.15 bits per heavy atom. The van der Waals surface area contributed by atoms with Crippen LogP contribution in [0.3, 0.4) is 0 Å². The maximum Gasteiger partial charge on any atom is 0.323 e. The molecule has 20 heavy (non-hydrogen) atoms. The maximum atomic E-state index is 12.2. The smallest absolute Gasteiger partial charge is 0.323 e. The van der Waals surface area contributed by atoms with Crippen molar-refractivity contribution in [2.75, 3.05) is 39.3 Å². The quantitative estimate of drug-likeness (QED) is 0.713. The number of carbonyl (C=O) groups is 3. The first-order chi connectivity index (χ1) is 9.35. The van der Waals surface area contributed by atoms with Crippen molar-refractivity contribution in [1.29, 1.82) is 0 Å². The molecule has 1 rings (SSSR count). The molecule has 1 heterocycles. The van der Waals surface area contributed by atoms with Gasteiger partial charge in [-0.05, 0) is 13.5 Å². The number of rotatable bonds is 5. The van der Waals surface area contributed by atoms with Crippen molar-refractivity contribution in [2.24, 2.45) is 0 Å². The molecule has 0 aromatic heterocycles. The average molecular weight is 287 g/mol. The van der Waals surface area contributed by atoms with E-state index in [9.17, 15) is 14.4 Å². The number of hydrogen-bond donors (Lipinski definition) is 2. The first kappa shape index (κ1) is 16.2. The van der Waals surface area contributed by atoms with Crippen LogP contribution in [0.5, 0.6) is 0 Å². The minimum Gasteiger partial charge on any atom is -0.480 e. The Morgan fingerprint density at radius 2 is 1.70 bits per heavy atom. The maximum absolute atomic E-state index is 12.2. The van der Waals surface area contributed by atoms with Gasteiger partial charge >= 0.3 is 18.0 Å². The van der Waals surface area contributed by atoms with E-state index in [4.69, 9.17) is 10.2 Å². The molecule has 0 spiro atoms. The molecule has 0 saturated carbocycles. The van der Waals surface area contributed by atoms with Crippen LogP contribution in [0.15, 0.2) is 0 Å². The van der Waals surface area contributed by atoms with Crippen LogP contribution >= 0.6 is 0 Å². The topological polar surface area (TPSA) is 101 Å². The predicted molar refractivity (Wildman–Crippen MR) is 70.5 cm³/mol. The Kier molecular flexibility index (Phi) is 5.75. The largest absolute Gasteiger partial charge is 0.480 e. The van der Waals surface area contributed by atoms with E-state index in [0.717, 1.165) is 11.4 Å². The van der Waals surface area contributed by atoms with Gasteiger partial charge in [-0.15, -0.1) is 0 Å². The number of urea groups is 1. The van der Waals surface area contributed by atoms with Crippen LogP contribution in [-0.2, 0) is 9.59 Å². The Morgan fingerprint density at radius 3 is 2.10 bits per heavy atom. The molecule has 1 fully saturated rings. The highest BCUT2D eigenvalue weighted by molar-refractivity contribution is 5.84. The summed E-state index contributed by atoms with van der Waals surface area (Å²) in [7, 11) is 0. The summed E-state index contributed by atoms with van der Waals surface area (Å²) in [6.45, 7) is 5.36. The molecule has 8 heteroatoms. The number of carbonyl (C=O) groups excluding carboxylic acids is 1. The number of carboxylic acid groups (broad SMARTS) is 2. The third-order valence-electron chi connectivity index (χ3n) is 3.36. The molecule has 1 aliphatic heterocycles. The molecule has 2 N–H and O–H groups in total. The molecule has 114 valence electrons. The van der Waals surface area contributed by atoms with Gasteiger partial charge in [0.15, 0.2) is 0 Å². The van der Waals surface area contributed by atoms with Crippen molar-refractivity contribution < 1.29 is 24.6 Å². The molecule has 2 amide bonds. The Balaban J connectivity index is 2.69. The summed E-state index contributed by atoms with van der Waals surface area (Å²) >= 11 is 0. The summed E-state index contributed by atoms with van der Waals surface area (Å²) in [6.07, 6.45) is 0. The number of likely N-dealkylation sites (N-methyl/N-ethyl adjacent to an activating group) is 1. The van der Waals surface area contributed by atoms with Gasteiger partial charge in [0, 0.05) is 25.7 Å². The summed E-state index contributed by atoms with van der Waals surface area (Å²) in [5.41, 5.74) is 0. The highest BCUT2D eigenvalue weighted by Gasteiger charge is 2.30. The van der Waals surface area contributed by atoms with E-state index in [1.165, 1.54) is 4.90 Å². The van der Waals surface area contributed by atoms with Crippen molar-refractivity contribution in [3.8, 4) is 0 Å². The van der Waals surface area contributed by atoms with E-state index in [2.05, 4.69) is 4.90 Å². The lowest BCUT2D eigenvalue weighted by Crippen LogP contribution is -2.57. The number of nitrogens with zero attached hydrogens (tertiary/aromatic N) is 3. The van der Waals surface area contributed by atoms with Gasteiger partial charge in [0.2, 0.25) is 0 Å². The van der Waals surface area contributed by atoms with Crippen LogP contribution in [0.25, 0.3) is 0 Å². The number of hydrogen-bond acceptors (Lipinski definition) is 4. The fourth-order valence-corrected chi connectivity index (χ4v) is 2.36. The van der Waals surface area contributed by atoms with Crippen molar-refractivity contribution in [3.05, 3.63) is 0 Å². The lowest BCUT2D eigenvalue weighted by Gasteiger charge is -2.40. The number of carboxylic acids is 2. The van der Waals surface area contributed by atoms with Crippen LogP contribution in [-0.4, -0.2) is 88.2 Å². The van der Waals surface area contributed by atoms with Gasteiger partial charge < -0.3 is 20.0 Å². The SMILES string of the molecule is CCN1CCN(C(=O)N(CC(=O)O)CC(=O)O)CC1C. The van der Waals surface area contributed by atoms with Crippen molar-refractivity contribution in [1.82, 2.24) is 14.7 Å². The van der Waals surface area contributed by atoms with E-state index in [-0.39, 0.29) is 6.04 Å². The van der Waals surface area contributed by atoms with Gasteiger partial charge in [-0.2, -0.15) is 0 Å². The van der Waals surface area contributed by atoms with Gasteiger partial charge in [-0.1, -0.05) is 6.92 Å². The van der Waals surface area contributed by atoms with Crippen LogP contribution in [0.4, 0.5) is 4.79 Å². The summed E-state index contributed by atoms with van der Waals surface area (Å²) < 4.78 is 0. The second-order valence-electron chi connectivity index (χ2n) is 4.85. The van der Waals surface area contributed by atoms with Crippen LogP contribution in [0.1, 0.15) is 13.8 Å². The average Bonchev–Trinajstić information content (AvgIpc) is 2.35. The van der Waals surface area contributed by atoms with Crippen LogP contribution in [0.2, 0.25) is 0 Å². The second kappa shape index (κ2) is 7.09. The van der Waals surface area contributed by atoms with Crippen LogP contribution < -0.4 is 0 Å². The minimum absolute atomic E-state index is 0.175. The molecule has 1 unspecified atom stereocenters. The summed E-state index contributed by atoms with van der Waals surface area (Å²) in [5, 5.41) is 17.5. The fourth-order valence-electron chi connectivity index (χ4n) is 2.36. The monoisotopic (exact) mass is 287 g/mol. The van der Waals surface area contributed by atoms with Gasteiger partial charge in [0.1, 0.15) is 13.1 Å². The van der Waals surface area contributed by atoms with E-state index in [1.54, 1.807) is 0 Å². The van der Waals surface area contributed by atoms with E-state index >= 15 is 0 Å². The van der Waals surface area contributed by atoms with Crippen molar-refractivity contribution >= 4 is 18.0 Å². The molecule has 0 aromatic rings. The molecule has 0 bridgehead atoms. The Hall–Kier alpha value is -1.83. The van der Waals surface area contributed by atoms with Gasteiger partial charge in [-0.25, -0.2) is 4.79 Å². The Bertz CT molecular complexity index is 371.